The number of hydrogen-bond donors (Lipinski definition) is 2. The third kappa shape index (κ3) is 4.72. The van der Waals surface area contributed by atoms with E-state index in [0.717, 1.165) is 6.42 Å². The summed E-state index contributed by atoms with van der Waals surface area (Å²) in [7, 11) is 0. The van der Waals surface area contributed by atoms with Crippen LogP contribution in [0.3, 0.4) is 0 Å². The Labute approximate surface area is 119 Å². The number of nitrogens with one attached hydrogen (secondary N) is 2. The van der Waals surface area contributed by atoms with E-state index in [2.05, 4.69) is 10.6 Å². The highest BCUT2D eigenvalue weighted by Gasteiger charge is 2.16. The van der Waals surface area contributed by atoms with E-state index in [1.54, 1.807) is 12.1 Å². The summed E-state index contributed by atoms with van der Waals surface area (Å²) in [6.45, 7) is 0.819. The van der Waals surface area contributed by atoms with Crippen molar-refractivity contribution in [3.8, 4) is 0 Å². The normalized spacial score (nSPS) is 15.8. The van der Waals surface area contributed by atoms with Crippen molar-refractivity contribution in [2.24, 2.45) is 5.92 Å². The van der Waals surface area contributed by atoms with Crippen molar-refractivity contribution in [3.63, 3.8) is 0 Å². The van der Waals surface area contributed by atoms with Crippen molar-refractivity contribution in [3.05, 3.63) is 24.2 Å². The second-order valence-electron chi connectivity index (χ2n) is 5.31. The third-order valence-corrected chi connectivity index (χ3v) is 3.77. The molecule has 5 heteroatoms. The molecule has 0 spiro atoms. The Hall–Kier alpha value is -1.78. The first-order chi connectivity index (χ1) is 9.75. The van der Waals surface area contributed by atoms with Crippen LogP contribution in [-0.2, 0) is 16.1 Å². The Balaban J connectivity index is 1.59. The molecule has 0 aliphatic heterocycles. The zero-order valence-corrected chi connectivity index (χ0v) is 11.7. The Morgan fingerprint density at radius 2 is 1.90 bits per heavy atom. The second kappa shape index (κ2) is 7.72. The predicted molar refractivity (Wildman–Crippen MR) is 74.8 cm³/mol. The van der Waals surface area contributed by atoms with Crippen LogP contribution in [0.1, 0.15) is 44.3 Å². The van der Waals surface area contributed by atoms with Crippen molar-refractivity contribution in [2.75, 3.05) is 6.54 Å². The Morgan fingerprint density at radius 1 is 1.15 bits per heavy atom. The highest BCUT2D eigenvalue weighted by molar-refractivity contribution is 6.35. The molecule has 0 bridgehead atoms. The molecule has 0 atom stereocenters. The summed E-state index contributed by atoms with van der Waals surface area (Å²) in [6, 6.07) is 3.49. The smallest absolute Gasteiger partial charge is 0.309 e. The SMILES string of the molecule is O=C(NCCC1CCCCC1)C(=O)NCc1ccco1. The quantitative estimate of drug-likeness (QED) is 0.809. The minimum atomic E-state index is -0.606. The number of hydrogen-bond acceptors (Lipinski definition) is 3. The lowest BCUT2D eigenvalue weighted by atomic mass is 9.87. The van der Waals surface area contributed by atoms with Gasteiger partial charge in [0.25, 0.3) is 0 Å². The zero-order valence-electron chi connectivity index (χ0n) is 11.7. The van der Waals surface area contributed by atoms with Crippen LogP contribution in [-0.4, -0.2) is 18.4 Å². The third-order valence-electron chi connectivity index (χ3n) is 3.77. The average Bonchev–Trinajstić information content (AvgIpc) is 2.99. The van der Waals surface area contributed by atoms with Crippen LogP contribution in [0.5, 0.6) is 0 Å². The van der Waals surface area contributed by atoms with Crippen LogP contribution < -0.4 is 10.6 Å². The van der Waals surface area contributed by atoms with Gasteiger partial charge in [0, 0.05) is 6.54 Å². The first kappa shape index (κ1) is 14.6. The summed E-state index contributed by atoms with van der Waals surface area (Å²) in [6.07, 6.45) is 8.92. The maximum Gasteiger partial charge on any atom is 0.309 e. The van der Waals surface area contributed by atoms with Gasteiger partial charge in [-0.05, 0) is 24.5 Å². The van der Waals surface area contributed by atoms with Crippen molar-refractivity contribution in [1.82, 2.24) is 10.6 Å². The van der Waals surface area contributed by atoms with Gasteiger partial charge in [0.05, 0.1) is 12.8 Å². The molecule has 1 heterocycles. The van der Waals surface area contributed by atoms with Gasteiger partial charge in [-0.1, -0.05) is 32.1 Å². The summed E-state index contributed by atoms with van der Waals surface area (Å²) in [5.74, 6) is 0.168. The summed E-state index contributed by atoms with van der Waals surface area (Å²) in [4.78, 5) is 23.1. The molecule has 0 aromatic carbocycles. The molecule has 2 rings (SSSR count). The number of carbonyl (C=O) groups is 2. The minimum absolute atomic E-state index is 0.238. The fourth-order valence-electron chi connectivity index (χ4n) is 2.61. The molecule has 1 aromatic rings. The average molecular weight is 278 g/mol. The van der Waals surface area contributed by atoms with E-state index < -0.39 is 11.8 Å². The van der Waals surface area contributed by atoms with E-state index in [9.17, 15) is 9.59 Å². The maximum atomic E-state index is 11.6. The van der Waals surface area contributed by atoms with Gasteiger partial charge in [-0.2, -0.15) is 0 Å². The molecule has 1 saturated carbocycles. The molecule has 20 heavy (non-hydrogen) atoms. The summed E-state index contributed by atoms with van der Waals surface area (Å²) < 4.78 is 5.08. The van der Waals surface area contributed by atoms with Gasteiger partial charge < -0.3 is 15.1 Å². The van der Waals surface area contributed by atoms with Crippen LogP contribution in [0.15, 0.2) is 22.8 Å². The maximum absolute atomic E-state index is 11.6. The van der Waals surface area contributed by atoms with Crippen LogP contribution in [0.25, 0.3) is 0 Å². The Bertz CT molecular complexity index is 422. The molecule has 0 radical (unpaired) electrons. The number of carbonyl (C=O) groups excluding carboxylic acids is 2. The molecular weight excluding hydrogens is 256 g/mol. The van der Waals surface area contributed by atoms with Crippen molar-refractivity contribution in [2.45, 2.75) is 45.1 Å². The molecule has 2 N–H and O–H groups in total. The van der Waals surface area contributed by atoms with Gasteiger partial charge in [0.15, 0.2) is 0 Å². The largest absolute Gasteiger partial charge is 0.467 e. The molecule has 110 valence electrons. The molecule has 1 aliphatic rings. The van der Waals surface area contributed by atoms with E-state index in [1.165, 1.54) is 38.4 Å². The first-order valence-electron chi connectivity index (χ1n) is 7.34. The van der Waals surface area contributed by atoms with E-state index in [1.807, 2.05) is 0 Å². The van der Waals surface area contributed by atoms with Crippen molar-refractivity contribution >= 4 is 11.8 Å². The lowest BCUT2D eigenvalue weighted by Gasteiger charge is -2.21. The fourth-order valence-corrected chi connectivity index (χ4v) is 2.61. The topological polar surface area (TPSA) is 71.3 Å². The summed E-state index contributed by atoms with van der Waals surface area (Å²) in [5, 5.41) is 5.21. The van der Waals surface area contributed by atoms with Gasteiger partial charge in [0.1, 0.15) is 5.76 Å². The predicted octanol–water partition coefficient (Wildman–Crippen LogP) is 1.98. The van der Waals surface area contributed by atoms with Gasteiger partial charge >= 0.3 is 11.8 Å². The molecule has 1 aliphatic carbocycles. The number of furan rings is 1. The molecule has 1 fully saturated rings. The zero-order chi connectivity index (χ0) is 14.2. The molecule has 0 unspecified atom stereocenters. The van der Waals surface area contributed by atoms with E-state index in [4.69, 9.17) is 4.42 Å². The number of amides is 2. The second-order valence-corrected chi connectivity index (χ2v) is 5.31. The summed E-state index contributed by atoms with van der Waals surface area (Å²) >= 11 is 0. The Morgan fingerprint density at radius 3 is 2.60 bits per heavy atom. The minimum Gasteiger partial charge on any atom is -0.467 e. The lowest BCUT2D eigenvalue weighted by molar-refractivity contribution is -0.139. The standard InChI is InChI=1S/C15H22N2O3/c18-14(15(19)17-11-13-7-4-10-20-13)16-9-8-12-5-2-1-3-6-12/h4,7,10,12H,1-3,5-6,8-9,11H2,(H,16,18)(H,17,19). The van der Waals surface area contributed by atoms with Crippen LogP contribution in [0.4, 0.5) is 0 Å². The van der Waals surface area contributed by atoms with Crippen LogP contribution in [0, 0.1) is 5.92 Å². The van der Waals surface area contributed by atoms with E-state index >= 15 is 0 Å². The Kier molecular flexibility index (Phi) is 5.65. The highest BCUT2D eigenvalue weighted by atomic mass is 16.3. The van der Waals surface area contributed by atoms with Gasteiger partial charge in [-0.25, -0.2) is 0 Å². The van der Waals surface area contributed by atoms with E-state index in [-0.39, 0.29) is 6.54 Å². The fraction of sp³-hybridized carbons (Fsp3) is 0.600. The molecular formula is C15H22N2O3. The first-order valence-corrected chi connectivity index (χ1v) is 7.34. The molecule has 1 aromatic heterocycles. The van der Waals surface area contributed by atoms with E-state index in [0.29, 0.717) is 18.2 Å². The monoisotopic (exact) mass is 278 g/mol. The van der Waals surface area contributed by atoms with Gasteiger partial charge in [0.2, 0.25) is 0 Å². The lowest BCUT2D eigenvalue weighted by Crippen LogP contribution is -2.40. The van der Waals surface area contributed by atoms with Gasteiger partial charge in [-0.3, -0.25) is 9.59 Å². The van der Waals surface area contributed by atoms with Crippen LogP contribution >= 0.6 is 0 Å². The molecule has 5 nitrogen and oxygen atoms in total. The highest BCUT2D eigenvalue weighted by Crippen LogP contribution is 2.25. The molecule has 0 saturated heterocycles. The van der Waals surface area contributed by atoms with Crippen molar-refractivity contribution < 1.29 is 14.0 Å². The summed E-state index contributed by atoms with van der Waals surface area (Å²) in [5.41, 5.74) is 0. The van der Waals surface area contributed by atoms with Crippen molar-refractivity contribution in [1.29, 1.82) is 0 Å². The molecule has 2 amide bonds. The van der Waals surface area contributed by atoms with Gasteiger partial charge in [-0.15, -0.1) is 0 Å². The number of rotatable bonds is 5. The van der Waals surface area contributed by atoms with Crippen LogP contribution in [0.2, 0.25) is 0 Å².